The molecule has 0 saturated carbocycles. The molecule has 1 heterocycles. The summed E-state index contributed by atoms with van der Waals surface area (Å²) in [7, 11) is 3.71. The number of anilines is 1. The van der Waals surface area contributed by atoms with Crippen LogP contribution in [0.25, 0.3) is 5.57 Å². The van der Waals surface area contributed by atoms with Crippen LogP contribution in [0.5, 0.6) is 5.75 Å². The molecule has 1 amide bonds. The number of hydrazone groups is 1. The van der Waals surface area contributed by atoms with E-state index in [1.54, 1.807) is 37.6 Å². The monoisotopic (exact) mass is 377 g/mol. The Hall–Kier alpha value is -3.08. The van der Waals surface area contributed by atoms with E-state index in [1.165, 1.54) is 16.8 Å². The van der Waals surface area contributed by atoms with Crippen molar-refractivity contribution in [3.05, 3.63) is 64.7 Å². The lowest BCUT2D eigenvalue weighted by molar-refractivity contribution is 0.0955. The van der Waals surface area contributed by atoms with Gasteiger partial charge in [-0.05, 0) is 80.8 Å². The van der Waals surface area contributed by atoms with Crippen molar-refractivity contribution in [3.8, 4) is 5.75 Å². The van der Waals surface area contributed by atoms with Crippen molar-refractivity contribution in [2.24, 2.45) is 5.10 Å². The molecule has 1 N–H and O–H groups in total. The number of fused-ring (bicyclic) bond motifs is 1. The number of carbonyl (C=O) groups is 1. The predicted octanol–water partition coefficient (Wildman–Crippen LogP) is 4.40. The number of aryl methyl sites for hydroxylation is 1. The van der Waals surface area contributed by atoms with E-state index < -0.39 is 0 Å². The number of benzene rings is 2. The molecule has 0 aromatic heterocycles. The molecular weight excluding hydrogens is 350 g/mol. The Bertz CT molecular complexity index is 957. The van der Waals surface area contributed by atoms with E-state index in [9.17, 15) is 4.79 Å². The number of ether oxygens (including phenoxy) is 1. The van der Waals surface area contributed by atoms with Gasteiger partial charge in [0.2, 0.25) is 0 Å². The van der Waals surface area contributed by atoms with Crippen LogP contribution >= 0.6 is 0 Å². The summed E-state index contributed by atoms with van der Waals surface area (Å²) in [5.74, 6) is 0.452. The van der Waals surface area contributed by atoms with Crippen LogP contribution in [-0.4, -0.2) is 31.8 Å². The van der Waals surface area contributed by atoms with Gasteiger partial charge >= 0.3 is 0 Å². The average Bonchev–Trinajstić information content (AvgIpc) is 2.66. The first kappa shape index (κ1) is 19.7. The molecule has 146 valence electrons. The maximum atomic E-state index is 12.2. The van der Waals surface area contributed by atoms with Gasteiger partial charge in [0.15, 0.2) is 0 Å². The van der Waals surface area contributed by atoms with Crippen molar-refractivity contribution in [1.29, 1.82) is 0 Å². The maximum Gasteiger partial charge on any atom is 0.271 e. The molecule has 2 aromatic rings. The molecule has 0 bridgehead atoms. The molecule has 2 aromatic carbocycles. The number of carbonyl (C=O) groups excluding carboxylic acids is 1. The summed E-state index contributed by atoms with van der Waals surface area (Å²) in [6, 6.07) is 11.2. The summed E-state index contributed by atoms with van der Waals surface area (Å²) >= 11 is 0. The van der Waals surface area contributed by atoms with Crippen molar-refractivity contribution in [2.45, 2.75) is 33.2 Å². The number of amides is 1. The van der Waals surface area contributed by atoms with Gasteiger partial charge in [0.05, 0.1) is 18.9 Å². The number of allylic oxidation sites excluding steroid dienone is 1. The largest absolute Gasteiger partial charge is 0.497 e. The molecule has 0 saturated heterocycles. The van der Waals surface area contributed by atoms with Crippen LogP contribution in [-0.2, 0) is 0 Å². The Kier molecular flexibility index (Phi) is 5.27. The zero-order valence-corrected chi connectivity index (χ0v) is 17.3. The first-order chi connectivity index (χ1) is 13.2. The fourth-order valence-electron chi connectivity index (χ4n) is 3.42. The summed E-state index contributed by atoms with van der Waals surface area (Å²) in [6.07, 6.45) is 3.97. The third-order valence-electron chi connectivity index (χ3n) is 5.33. The van der Waals surface area contributed by atoms with E-state index in [2.05, 4.69) is 68.4 Å². The van der Waals surface area contributed by atoms with Crippen LogP contribution in [0, 0.1) is 6.92 Å². The Morgan fingerprint density at radius 3 is 2.50 bits per heavy atom. The topological polar surface area (TPSA) is 53.9 Å². The summed E-state index contributed by atoms with van der Waals surface area (Å²) in [5.41, 5.74) is 8.83. The highest BCUT2D eigenvalue weighted by Crippen LogP contribution is 2.38. The minimum absolute atomic E-state index is 0.0224. The van der Waals surface area contributed by atoms with E-state index >= 15 is 0 Å². The molecule has 1 aliphatic heterocycles. The smallest absolute Gasteiger partial charge is 0.271 e. The summed E-state index contributed by atoms with van der Waals surface area (Å²) in [5, 5.41) is 4.15. The second-order valence-electron chi connectivity index (χ2n) is 7.69. The minimum Gasteiger partial charge on any atom is -0.497 e. The maximum absolute atomic E-state index is 12.2. The fraction of sp³-hybridized carbons (Fsp3) is 0.304. The molecule has 1 aliphatic rings. The molecule has 3 rings (SSSR count). The minimum atomic E-state index is -0.257. The van der Waals surface area contributed by atoms with Gasteiger partial charge in [-0.2, -0.15) is 5.10 Å². The van der Waals surface area contributed by atoms with Crippen LogP contribution < -0.4 is 15.1 Å². The van der Waals surface area contributed by atoms with Crippen molar-refractivity contribution < 1.29 is 9.53 Å². The molecule has 28 heavy (non-hydrogen) atoms. The number of hydrogen-bond donors (Lipinski definition) is 1. The average molecular weight is 377 g/mol. The van der Waals surface area contributed by atoms with Gasteiger partial charge in [-0.25, -0.2) is 5.43 Å². The Morgan fingerprint density at radius 1 is 1.18 bits per heavy atom. The van der Waals surface area contributed by atoms with Crippen LogP contribution in [0.2, 0.25) is 0 Å². The molecule has 0 spiro atoms. The first-order valence-corrected chi connectivity index (χ1v) is 9.28. The van der Waals surface area contributed by atoms with Gasteiger partial charge in [-0.15, -0.1) is 0 Å². The molecule has 0 fully saturated rings. The summed E-state index contributed by atoms with van der Waals surface area (Å²) < 4.78 is 5.11. The van der Waals surface area contributed by atoms with Gasteiger partial charge in [0.25, 0.3) is 5.91 Å². The predicted molar refractivity (Wildman–Crippen MR) is 115 cm³/mol. The summed E-state index contributed by atoms with van der Waals surface area (Å²) in [6.45, 7) is 8.61. The van der Waals surface area contributed by atoms with Crippen molar-refractivity contribution in [2.75, 3.05) is 19.1 Å². The Balaban J connectivity index is 1.79. The van der Waals surface area contributed by atoms with Gasteiger partial charge in [-0.3, -0.25) is 4.79 Å². The zero-order chi connectivity index (χ0) is 20.5. The third-order valence-corrected chi connectivity index (χ3v) is 5.33. The van der Waals surface area contributed by atoms with Crippen molar-refractivity contribution >= 4 is 23.4 Å². The van der Waals surface area contributed by atoms with Gasteiger partial charge in [0.1, 0.15) is 5.75 Å². The van der Waals surface area contributed by atoms with Crippen molar-refractivity contribution in [1.82, 2.24) is 5.43 Å². The number of rotatable bonds is 4. The highest BCUT2D eigenvalue weighted by Gasteiger charge is 2.28. The van der Waals surface area contributed by atoms with Crippen LogP contribution in [0.15, 0.2) is 47.6 Å². The number of likely N-dealkylation sites (N-methyl/N-ethyl adjacent to an activating group) is 1. The van der Waals surface area contributed by atoms with Crippen LogP contribution in [0.4, 0.5) is 5.69 Å². The lowest BCUT2D eigenvalue weighted by Gasteiger charge is -2.41. The highest BCUT2D eigenvalue weighted by atomic mass is 16.5. The molecule has 0 atom stereocenters. The quantitative estimate of drug-likeness (QED) is 0.635. The third kappa shape index (κ3) is 3.79. The molecule has 0 unspecified atom stereocenters. The zero-order valence-electron chi connectivity index (χ0n) is 17.3. The van der Waals surface area contributed by atoms with E-state index in [0.717, 1.165) is 11.1 Å². The fourth-order valence-corrected chi connectivity index (χ4v) is 3.42. The first-order valence-electron chi connectivity index (χ1n) is 9.28. The van der Waals surface area contributed by atoms with Gasteiger partial charge in [-0.1, -0.05) is 6.08 Å². The molecular formula is C23H27N3O2. The van der Waals surface area contributed by atoms with E-state index in [-0.39, 0.29) is 11.4 Å². The number of hydrogen-bond acceptors (Lipinski definition) is 4. The van der Waals surface area contributed by atoms with E-state index in [0.29, 0.717) is 11.3 Å². The van der Waals surface area contributed by atoms with Gasteiger partial charge < -0.3 is 9.64 Å². The highest BCUT2D eigenvalue weighted by molar-refractivity contribution is 5.95. The normalized spacial score (nSPS) is 15.2. The standard InChI is InChI=1S/C23H27N3O2/c1-15-11-21-20(16(2)13-23(3,4)26(21)5)12-18(15)14-24-25-22(27)17-7-9-19(28-6)10-8-17/h7-14H,1-6H3,(H,25,27)/b24-14-. The lowest BCUT2D eigenvalue weighted by Crippen LogP contribution is -2.42. The van der Waals surface area contributed by atoms with Gasteiger partial charge in [0, 0.05) is 23.9 Å². The molecule has 0 radical (unpaired) electrons. The number of methoxy groups -OCH3 is 1. The number of nitrogens with zero attached hydrogens (tertiary/aromatic N) is 2. The van der Waals surface area contributed by atoms with Crippen LogP contribution in [0.3, 0.4) is 0 Å². The second kappa shape index (κ2) is 7.50. The lowest BCUT2D eigenvalue weighted by atomic mass is 9.87. The Morgan fingerprint density at radius 2 is 1.86 bits per heavy atom. The Labute approximate surface area is 166 Å². The SMILES string of the molecule is COc1ccc(C(=O)N/N=C\c2cc3c(cc2C)N(C)C(C)(C)C=C3C)cc1. The molecule has 5 nitrogen and oxygen atoms in total. The van der Waals surface area contributed by atoms with E-state index in [4.69, 9.17) is 4.74 Å². The molecule has 5 heteroatoms. The van der Waals surface area contributed by atoms with Crippen LogP contribution in [0.1, 0.15) is 47.8 Å². The number of nitrogens with one attached hydrogen (secondary N) is 1. The van der Waals surface area contributed by atoms with E-state index in [1.807, 2.05) is 0 Å². The summed E-state index contributed by atoms with van der Waals surface area (Å²) in [4.78, 5) is 14.5. The molecule has 0 aliphatic carbocycles. The second-order valence-corrected chi connectivity index (χ2v) is 7.69. The van der Waals surface area contributed by atoms with Crippen molar-refractivity contribution in [3.63, 3.8) is 0 Å².